The van der Waals surface area contributed by atoms with Crippen molar-refractivity contribution in [3.8, 4) is 0 Å². The number of nitrogens with zero attached hydrogens (tertiary/aromatic N) is 2. The predicted molar refractivity (Wildman–Crippen MR) is 77.7 cm³/mol. The summed E-state index contributed by atoms with van der Waals surface area (Å²) < 4.78 is 0. The molecule has 1 aromatic heterocycles. The molecule has 98 valence electrons. The van der Waals surface area contributed by atoms with Crippen molar-refractivity contribution >= 4 is 28.1 Å². The van der Waals surface area contributed by atoms with Crippen molar-refractivity contribution in [1.29, 1.82) is 0 Å². The van der Waals surface area contributed by atoms with E-state index in [0.717, 1.165) is 30.6 Å². The number of aryl methyl sites for hydroxylation is 2. The van der Waals surface area contributed by atoms with Crippen LogP contribution in [0.3, 0.4) is 0 Å². The van der Waals surface area contributed by atoms with Crippen molar-refractivity contribution in [3.05, 3.63) is 40.4 Å². The summed E-state index contributed by atoms with van der Waals surface area (Å²) in [5.74, 6) is -0.0526. The molecule has 0 bridgehead atoms. The molecule has 3 rings (SSSR count). The fourth-order valence-electron chi connectivity index (χ4n) is 2.57. The fourth-order valence-corrected chi connectivity index (χ4v) is 3.11. The Morgan fingerprint density at radius 3 is 3.05 bits per heavy atom. The first-order valence-corrected chi connectivity index (χ1v) is 7.16. The zero-order valence-corrected chi connectivity index (χ0v) is 11.5. The molecule has 1 aromatic carbocycles. The number of carbonyl (C=O) groups excluding carboxylic acids is 1. The number of amides is 1. The molecule has 19 heavy (non-hydrogen) atoms. The number of carbonyl (C=O) groups is 1. The quantitative estimate of drug-likeness (QED) is 0.869. The van der Waals surface area contributed by atoms with Gasteiger partial charge in [-0.2, -0.15) is 0 Å². The van der Waals surface area contributed by atoms with Gasteiger partial charge in [0.05, 0.1) is 5.69 Å². The monoisotopic (exact) mass is 273 g/mol. The van der Waals surface area contributed by atoms with Gasteiger partial charge in [-0.1, -0.05) is 18.2 Å². The summed E-state index contributed by atoms with van der Waals surface area (Å²) >= 11 is 1.30. The van der Waals surface area contributed by atoms with E-state index in [2.05, 4.69) is 11.1 Å². The van der Waals surface area contributed by atoms with Crippen LogP contribution in [0.15, 0.2) is 23.6 Å². The van der Waals surface area contributed by atoms with Crippen LogP contribution in [0.2, 0.25) is 0 Å². The van der Waals surface area contributed by atoms with Gasteiger partial charge in [0.25, 0.3) is 5.91 Å². The lowest BCUT2D eigenvalue weighted by molar-refractivity contribution is 0.0981. The third-order valence-electron chi connectivity index (χ3n) is 3.41. The molecule has 0 spiro atoms. The lowest BCUT2D eigenvalue weighted by Gasteiger charge is -2.30. The summed E-state index contributed by atoms with van der Waals surface area (Å²) in [5.41, 5.74) is 9.47. The highest BCUT2D eigenvalue weighted by Gasteiger charge is 2.26. The Morgan fingerprint density at radius 2 is 2.32 bits per heavy atom. The van der Waals surface area contributed by atoms with E-state index in [1.165, 1.54) is 16.9 Å². The molecule has 4 nitrogen and oxygen atoms in total. The molecule has 2 heterocycles. The standard InChI is InChI=1S/C14H15N3OS/c1-9-4-2-5-10-6-3-7-17(12(9)10)13(18)11-8-19-14(15)16-11/h2,4-5,8H,3,6-7H2,1H3,(H2,15,16). The lowest BCUT2D eigenvalue weighted by atomic mass is 9.98. The van der Waals surface area contributed by atoms with Gasteiger partial charge in [0.15, 0.2) is 5.13 Å². The number of nitrogen functional groups attached to an aromatic ring is 1. The Morgan fingerprint density at radius 1 is 1.47 bits per heavy atom. The first kappa shape index (κ1) is 12.2. The third-order valence-corrected chi connectivity index (χ3v) is 4.08. The Bertz CT molecular complexity index is 635. The normalized spacial score (nSPS) is 14.3. The Balaban J connectivity index is 2.02. The summed E-state index contributed by atoms with van der Waals surface area (Å²) in [5, 5.41) is 2.16. The van der Waals surface area contributed by atoms with E-state index in [1.54, 1.807) is 5.38 Å². The predicted octanol–water partition coefficient (Wildman–Crippen LogP) is 2.63. The van der Waals surface area contributed by atoms with E-state index in [0.29, 0.717) is 10.8 Å². The van der Waals surface area contributed by atoms with Crippen molar-refractivity contribution in [3.63, 3.8) is 0 Å². The van der Waals surface area contributed by atoms with E-state index in [1.807, 2.05) is 24.0 Å². The van der Waals surface area contributed by atoms with E-state index >= 15 is 0 Å². The van der Waals surface area contributed by atoms with Gasteiger partial charge in [-0.15, -0.1) is 11.3 Å². The molecular weight excluding hydrogens is 258 g/mol. The number of hydrogen-bond donors (Lipinski definition) is 1. The van der Waals surface area contributed by atoms with Crippen LogP contribution in [0.4, 0.5) is 10.8 Å². The zero-order valence-electron chi connectivity index (χ0n) is 10.7. The van der Waals surface area contributed by atoms with E-state index in [-0.39, 0.29) is 5.91 Å². The van der Waals surface area contributed by atoms with Crippen molar-refractivity contribution < 1.29 is 4.79 Å². The second-order valence-corrected chi connectivity index (χ2v) is 5.60. The van der Waals surface area contributed by atoms with Gasteiger partial charge in [-0.25, -0.2) is 4.98 Å². The minimum atomic E-state index is -0.0526. The molecule has 0 aliphatic carbocycles. The number of rotatable bonds is 1. The summed E-state index contributed by atoms with van der Waals surface area (Å²) in [7, 11) is 0. The third kappa shape index (κ3) is 2.10. The molecule has 1 aliphatic rings. The molecule has 0 unspecified atom stereocenters. The number of nitrogens with two attached hydrogens (primary N) is 1. The van der Waals surface area contributed by atoms with Crippen molar-refractivity contribution in [1.82, 2.24) is 4.98 Å². The number of fused-ring (bicyclic) bond motifs is 1. The van der Waals surface area contributed by atoms with Gasteiger partial charge in [0, 0.05) is 11.9 Å². The van der Waals surface area contributed by atoms with Gasteiger partial charge in [-0.05, 0) is 30.9 Å². The average Bonchev–Trinajstić information content (AvgIpc) is 2.84. The van der Waals surface area contributed by atoms with Crippen LogP contribution in [0, 0.1) is 6.92 Å². The van der Waals surface area contributed by atoms with Crippen LogP contribution >= 0.6 is 11.3 Å². The SMILES string of the molecule is Cc1cccc2c1N(C(=O)c1csc(N)n1)CCC2. The lowest BCUT2D eigenvalue weighted by Crippen LogP contribution is -2.36. The van der Waals surface area contributed by atoms with Crippen LogP contribution < -0.4 is 10.6 Å². The van der Waals surface area contributed by atoms with Gasteiger partial charge < -0.3 is 10.6 Å². The van der Waals surface area contributed by atoms with Crippen LogP contribution in [0.5, 0.6) is 0 Å². The molecular formula is C14H15N3OS. The maximum atomic E-state index is 12.5. The highest BCUT2D eigenvalue weighted by molar-refractivity contribution is 7.13. The van der Waals surface area contributed by atoms with E-state index in [4.69, 9.17) is 5.73 Å². The summed E-state index contributed by atoms with van der Waals surface area (Å²) in [6.45, 7) is 2.79. The number of para-hydroxylation sites is 1. The largest absolute Gasteiger partial charge is 0.375 e. The van der Waals surface area contributed by atoms with Gasteiger partial charge in [-0.3, -0.25) is 4.79 Å². The molecule has 1 amide bonds. The smallest absolute Gasteiger partial charge is 0.277 e. The highest BCUT2D eigenvalue weighted by Crippen LogP contribution is 2.31. The average molecular weight is 273 g/mol. The summed E-state index contributed by atoms with van der Waals surface area (Å²) in [6, 6.07) is 6.18. The van der Waals surface area contributed by atoms with Gasteiger partial charge >= 0.3 is 0 Å². The molecule has 1 aliphatic heterocycles. The van der Waals surface area contributed by atoms with Crippen LogP contribution in [0.25, 0.3) is 0 Å². The van der Waals surface area contributed by atoms with Crippen LogP contribution in [0.1, 0.15) is 28.0 Å². The molecule has 2 aromatic rings. The molecule has 0 radical (unpaired) electrons. The highest BCUT2D eigenvalue weighted by atomic mass is 32.1. The van der Waals surface area contributed by atoms with Crippen molar-refractivity contribution in [2.45, 2.75) is 19.8 Å². The topological polar surface area (TPSA) is 59.2 Å². The molecule has 0 fully saturated rings. The maximum absolute atomic E-state index is 12.5. The molecule has 0 saturated carbocycles. The fraction of sp³-hybridized carbons (Fsp3) is 0.286. The first-order chi connectivity index (χ1) is 9.16. The van der Waals surface area contributed by atoms with Gasteiger partial charge in [0.2, 0.25) is 0 Å². The zero-order chi connectivity index (χ0) is 13.4. The minimum absolute atomic E-state index is 0.0526. The Labute approximate surface area is 115 Å². The van der Waals surface area contributed by atoms with Crippen molar-refractivity contribution in [2.24, 2.45) is 0 Å². The van der Waals surface area contributed by atoms with E-state index < -0.39 is 0 Å². The maximum Gasteiger partial charge on any atom is 0.277 e. The molecule has 0 saturated heterocycles. The van der Waals surface area contributed by atoms with Crippen LogP contribution in [-0.4, -0.2) is 17.4 Å². The number of hydrogen-bond acceptors (Lipinski definition) is 4. The number of anilines is 2. The number of aromatic nitrogens is 1. The molecule has 0 atom stereocenters. The Kier molecular flexibility index (Phi) is 2.98. The van der Waals surface area contributed by atoms with Gasteiger partial charge in [0.1, 0.15) is 5.69 Å². The Hall–Kier alpha value is -1.88. The van der Waals surface area contributed by atoms with E-state index in [9.17, 15) is 4.79 Å². The minimum Gasteiger partial charge on any atom is -0.375 e. The second-order valence-electron chi connectivity index (χ2n) is 4.71. The van der Waals surface area contributed by atoms with Crippen LogP contribution in [-0.2, 0) is 6.42 Å². The van der Waals surface area contributed by atoms with Crippen molar-refractivity contribution in [2.75, 3.05) is 17.2 Å². The summed E-state index contributed by atoms with van der Waals surface area (Å²) in [4.78, 5) is 18.5. The summed E-state index contributed by atoms with van der Waals surface area (Å²) in [6.07, 6.45) is 2.02. The molecule has 5 heteroatoms. The number of thiazole rings is 1. The first-order valence-electron chi connectivity index (χ1n) is 6.28. The number of benzene rings is 1. The second kappa shape index (κ2) is 4.66. The molecule has 2 N–H and O–H groups in total.